The standard InChI is InChI=1S/C21H22ClN3O3.C15H18N2O3/c1-12(2)18-19(26)24-21(27)25(11-15-6-5-7-17(22)23-15)20(18)28-16-9-13(3)8-14(4)10-16;1-8(2)12-13(18)16-15(19)17-14(12)20-11-6-9(3)5-10(4)7-11/h5-10,12H,11H2,1-4H3,(H,24,26,27);5-8H,1-4H3,(H2,16,17,18,19). The minimum atomic E-state index is -0.571. The van der Waals surface area contributed by atoms with Gasteiger partial charge in [-0.1, -0.05) is 57.5 Å². The second-order valence-electron chi connectivity index (χ2n) is 12.3. The Balaban J connectivity index is 0.000000229. The largest absolute Gasteiger partial charge is 0.440 e. The van der Waals surface area contributed by atoms with Crippen LogP contribution in [0.1, 0.15) is 78.6 Å². The molecule has 0 saturated heterocycles. The van der Waals surface area contributed by atoms with Gasteiger partial charge in [0.05, 0.1) is 23.4 Å². The molecule has 0 aliphatic carbocycles. The summed E-state index contributed by atoms with van der Waals surface area (Å²) in [5.41, 5.74) is 3.59. The van der Waals surface area contributed by atoms with E-state index in [1.165, 1.54) is 4.57 Å². The molecule has 0 spiro atoms. The van der Waals surface area contributed by atoms with Gasteiger partial charge < -0.3 is 9.47 Å². The fourth-order valence-electron chi connectivity index (χ4n) is 5.32. The number of H-pyrrole nitrogens is 3. The molecule has 0 radical (unpaired) electrons. The molecule has 3 N–H and O–H groups in total. The summed E-state index contributed by atoms with van der Waals surface area (Å²) in [5.74, 6) is 1.39. The van der Waals surface area contributed by atoms with E-state index in [9.17, 15) is 19.2 Å². The molecule has 0 saturated carbocycles. The molecule has 0 unspecified atom stereocenters. The van der Waals surface area contributed by atoms with E-state index in [1.807, 2.05) is 91.8 Å². The molecular weight excluding hydrogens is 634 g/mol. The van der Waals surface area contributed by atoms with Crippen LogP contribution >= 0.6 is 11.6 Å². The van der Waals surface area contributed by atoms with E-state index < -0.39 is 22.5 Å². The average molecular weight is 674 g/mol. The van der Waals surface area contributed by atoms with Crippen LogP contribution in [0.3, 0.4) is 0 Å². The molecule has 2 aromatic carbocycles. The smallest absolute Gasteiger partial charge is 0.331 e. The molecular formula is C36H40ClN5O6. The Morgan fingerprint density at radius 2 is 1.23 bits per heavy atom. The van der Waals surface area contributed by atoms with Crippen LogP contribution in [-0.2, 0) is 6.54 Å². The molecule has 0 aliphatic heterocycles. The number of benzene rings is 2. The zero-order chi connectivity index (χ0) is 35.3. The first-order chi connectivity index (χ1) is 22.6. The van der Waals surface area contributed by atoms with E-state index in [0.717, 1.165) is 22.3 Å². The lowest BCUT2D eigenvalue weighted by Gasteiger charge is -2.18. The molecule has 0 bridgehead atoms. The lowest BCUT2D eigenvalue weighted by atomic mass is 10.1. The van der Waals surface area contributed by atoms with Crippen LogP contribution in [0.4, 0.5) is 0 Å². The van der Waals surface area contributed by atoms with Gasteiger partial charge in [-0.25, -0.2) is 14.6 Å². The van der Waals surface area contributed by atoms with Crippen molar-refractivity contribution in [3.63, 3.8) is 0 Å². The normalized spacial score (nSPS) is 11.0. The third-order valence-corrected chi connectivity index (χ3v) is 7.41. The van der Waals surface area contributed by atoms with E-state index in [2.05, 4.69) is 19.9 Å². The quantitative estimate of drug-likeness (QED) is 0.154. The summed E-state index contributed by atoms with van der Waals surface area (Å²) >= 11 is 5.97. The number of hydrogen-bond donors (Lipinski definition) is 3. The number of rotatable bonds is 8. The Bertz CT molecular complexity index is 2140. The third kappa shape index (κ3) is 9.01. The van der Waals surface area contributed by atoms with E-state index in [1.54, 1.807) is 18.2 Å². The summed E-state index contributed by atoms with van der Waals surface area (Å²) in [7, 11) is 0. The van der Waals surface area contributed by atoms with Crippen LogP contribution in [0.5, 0.6) is 23.3 Å². The maximum Gasteiger partial charge on any atom is 0.331 e. The van der Waals surface area contributed by atoms with Crippen LogP contribution in [-0.4, -0.2) is 24.5 Å². The van der Waals surface area contributed by atoms with Gasteiger partial charge in [-0.15, -0.1) is 0 Å². The molecule has 0 amide bonds. The zero-order valence-corrected chi connectivity index (χ0v) is 29.0. The molecule has 12 heteroatoms. The van der Waals surface area contributed by atoms with Crippen LogP contribution in [0.25, 0.3) is 0 Å². The van der Waals surface area contributed by atoms with E-state index in [0.29, 0.717) is 33.5 Å². The zero-order valence-electron chi connectivity index (χ0n) is 28.3. The Hall–Kier alpha value is -5.16. The van der Waals surface area contributed by atoms with Crippen molar-refractivity contribution in [1.29, 1.82) is 0 Å². The average Bonchev–Trinajstić information content (AvgIpc) is 2.93. The fraction of sp³-hybridized carbons (Fsp3) is 0.306. The van der Waals surface area contributed by atoms with Crippen molar-refractivity contribution in [3.05, 3.63) is 141 Å². The molecule has 5 aromatic rings. The van der Waals surface area contributed by atoms with Crippen LogP contribution in [0.15, 0.2) is 73.8 Å². The SMILES string of the molecule is Cc1cc(C)cc(Oc2[nH]c(=O)[nH]c(=O)c2C(C)C)c1.Cc1cc(C)cc(Oc2c(C(C)C)c(=O)[nH]c(=O)n2Cc2cccc(Cl)n2)c1. The Morgan fingerprint density at radius 1 is 0.708 bits per heavy atom. The number of nitrogens with one attached hydrogen (secondary N) is 3. The molecule has 5 rings (SSSR count). The van der Waals surface area contributed by atoms with Crippen molar-refractivity contribution in [2.75, 3.05) is 0 Å². The summed E-state index contributed by atoms with van der Waals surface area (Å²) in [6.07, 6.45) is 0. The highest BCUT2D eigenvalue weighted by atomic mass is 35.5. The summed E-state index contributed by atoms with van der Waals surface area (Å²) in [6, 6.07) is 16.7. The van der Waals surface area contributed by atoms with Crippen molar-refractivity contribution in [2.24, 2.45) is 0 Å². The predicted molar refractivity (Wildman–Crippen MR) is 188 cm³/mol. The predicted octanol–water partition coefficient (Wildman–Crippen LogP) is 6.76. The Labute approximate surface area is 282 Å². The topological polar surface area (TPSA) is 152 Å². The first-order valence-corrected chi connectivity index (χ1v) is 15.9. The monoisotopic (exact) mass is 673 g/mol. The van der Waals surface area contributed by atoms with E-state index in [-0.39, 0.29) is 30.1 Å². The maximum atomic E-state index is 12.6. The molecule has 3 aromatic heterocycles. The van der Waals surface area contributed by atoms with Crippen LogP contribution in [0, 0.1) is 27.7 Å². The first-order valence-electron chi connectivity index (χ1n) is 15.5. The molecule has 3 heterocycles. The third-order valence-electron chi connectivity index (χ3n) is 7.20. The number of aromatic nitrogens is 5. The number of aryl methyl sites for hydroxylation is 4. The van der Waals surface area contributed by atoms with Crippen molar-refractivity contribution in [2.45, 2.75) is 73.8 Å². The number of hydrogen-bond acceptors (Lipinski definition) is 7. The van der Waals surface area contributed by atoms with Crippen molar-refractivity contribution in [3.8, 4) is 23.3 Å². The second kappa shape index (κ2) is 15.2. The molecule has 0 aliphatic rings. The van der Waals surface area contributed by atoms with Gasteiger partial charge in [0.2, 0.25) is 11.8 Å². The number of pyridine rings is 1. The minimum absolute atomic E-state index is 0.0588. The molecule has 252 valence electrons. The van der Waals surface area contributed by atoms with Crippen molar-refractivity contribution < 1.29 is 9.47 Å². The van der Waals surface area contributed by atoms with Gasteiger partial charge in [-0.3, -0.25) is 29.1 Å². The summed E-state index contributed by atoms with van der Waals surface area (Å²) in [5, 5.41) is 0.329. The van der Waals surface area contributed by atoms with Gasteiger partial charge >= 0.3 is 11.4 Å². The summed E-state index contributed by atoms with van der Waals surface area (Å²) in [6.45, 7) is 15.5. The van der Waals surface area contributed by atoms with Gasteiger partial charge in [0.25, 0.3) is 11.1 Å². The summed E-state index contributed by atoms with van der Waals surface area (Å²) in [4.78, 5) is 59.8. The highest BCUT2D eigenvalue weighted by Gasteiger charge is 2.21. The minimum Gasteiger partial charge on any atom is -0.440 e. The van der Waals surface area contributed by atoms with E-state index in [4.69, 9.17) is 21.1 Å². The first kappa shape index (κ1) is 35.7. The molecule has 0 atom stereocenters. The highest BCUT2D eigenvalue weighted by Crippen LogP contribution is 2.29. The number of aromatic amines is 3. The van der Waals surface area contributed by atoms with Gasteiger partial charge in [-0.05, 0) is 98.2 Å². The lowest BCUT2D eigenvalue weighted by molar-refractivity contribution is 0.409. The van der Waals surface area contributed by atoms with Crippen LogP contribution < -0.4 is 32.0 Å². The fourth-order valence-corrected chi connectivity index (χ4v) is 5.50. The maximum absolute atomic E-state index is 12.6. The number of ether oxygens (including phenoxy) is 2. The number of nitrogens with zero attached hydrogens (tertiary/aromatic N) is 2. The van der Waals surface area contributed by atoms with E-state index >= 15 is 0 Å². The summed E-state index contributed by atoms with van der Waals surface area (Å²) < 4.78 is 13.2. The number of halogens is 1. The van der Waals surface area contributed by atoms with Crippen molar-refractivity contribution in [1.82, 2.24) is 24.5 Å². The van der Waals surface area contributed by atoms with Gasteiger partial charge in [0.15, 0.2) is 0 Å². The highest BCUT2D eigenvalue weighted by molar-refractivity contribution is 6.29. The van der Waals surface area contributed by atoms with Crippen LogP contribution in [0.2, 0.25) is 5.15 Å². The van der Waals surface area contributed by atoms with Gasteiger partial charge in [-0.2, -0.15) is 0 Å². The van der Waals surface area contributed by atoms with Gasteiger partial charge in [0, 0.05) is 0 Å². The molecule has 48 heavy (non-hydrogen) atoms. The van der Waals surface area contributed by atoms with Crippen molar-refractivity contribution >= 4 is 11.6 Å². The molecule has 0 fully saturated rings. The molecule has 11 nitrogen and oxygen atoms in total. The second-order valence-corrected chi connectivity index (χ2v) is 12.7. The van der Waals surface area contributed by atoms with Gasteiger partial charge in [0.1, 0.15) is 16.7 Å². The Morgan fingerprint density at radius 3 is 1.75 bits per heavy atom. The lowest BCUT2D eigenvalue weighted by Crippen LogP contribution is -2.34. The Kier molecular flexibility index (Phi) is 11.3.